The summed E-state index contributed by atoms with van der Waals surface area (Å²) in [7, 11) is 0. The summed E-state index contributed by atoms with van der Waals surface area (Å²) in [4.78, 5) is 63.0. The normalized spacial score (nSPS) is 30.1. The topological polar surface area (TPSA) is 223 Å². The van der Waals surface area contributed by atoms with E-state index in [-0.39, 0.29) is 23.8 Å². The number of carbonyl (C=O) groups is 5. The molecule has 2 aliphatic rings. The average molecular weight is 691 g/mol. The van der Waals surface area contributed by atoms with Crippen molar-refractivity contribution >= 4 is 29.8 Å². The van der Waals surface area contributed by atoms with Crippen LogP contribution in [0.3, 0.4) is 0 Å². The third-order valence-corrected chi connectivity index (χ3v) is 9.29. The lowest BCUT2D eigenvalue weighted by Crippen LogP contribution is -2.78. The van der Waals surface area contributed by atoms with Crippen LogP contribution in [0.2, 0.25) is 0 Å². The number of fused-ring (bicyclic) bond motifs is 2. The highest BCUT2D eigenvalue weighted by Gasteiger charge is 2.85. The van der Waals surface area contributed by atoms with E-state index in [4.69, 9.17) is 18.9 Å². The van der Waals surface area contributed by atoms with Crippen LogP contribution in [0.5, 0.6) is 0 Å². The van der Waals surface area contributed by atoms with Crippen molar-refractivity contribution in [1.82, 2.24) is 0 Å². The van der Waals surface area contributed by atoms with Crippen molar-refractivity contribution in [3.05, 3.63) is 60.2 Å². The van der Waals surface area contributed by atoms with E-state index in [9.17, 15) is 49.5 Å². The van der Waals surface area contributed by atoms with Gasteiger partial charge in [-0.1, -0.05) is 77.1 Å². The fourth-order valence-electron chi connectivity index (χ4n) is 6.58. The Morgan fingerprint density at radius 2 is 1.67 bits per heavy atom. The van der Waals surface area contributed by atoms with E-state index < -0.39 is 77.7 Å². The quantitative estimate of drug-likeness (QED) is 0.0901. The molecule has 1 aromatic rings. The molecular formula is C35H46O14. The van der Waals surface area contributed by atoms with Crippen molar-refractivity contribution in [2.24, 2.45) is 17.8 Å². The molecule has 2 heterocycles. The Balaban J connectivity index is 2.02. The summed E-state index contributed by atoms with van der Waals surface area (Å²) in [6.45, 7) is 12.9. The van der Waals surface area contributed by atoms with Crippen molar-refractivity contribution in [3.63, 3.8) is 0 Å². The number of aliphatic carboxylic acids is 3. The molecule has 2 fully saturated rings. The molecule has 14 nitrogen and oxygen atoms in total. The maximum atomic E-state index is 13.0. The highest BCUT2D eigenvalue weighted by Crippen LogP contribution is 2.56. The van der Waals surface area contributed by atoms with Gasteiger partial charge in [0.25, 0.3) is 0 Å². The molecule has 2 aliphatic heterocycles. The van der Waals surface area contributed by atoms with Gasteiger partial charge in [-0.05, 0) is 42.2 Å². The second-order valence-electron chi connectivity index (χ2n) is 13.1. The molecule has 270 valence electrons. The summed E-state index contributed by atoms with van der Waals surface area (Å²) >= 11 is 0. The first-order valence-electron chi connectivity index (χ1n) is 16.1. The van der Waals surface area contributed by atoms with Crippen molar-refractivity contribution in [2.75, 3.05) is 0 Å². The Bertz CT molecular complexity index is 1440. The van der Waals surface area contributed by atoms with Crippen LogP contribution in [-0.4, -0.2) is 96.8 Å². The number of aliphatic hydroxyl groups excluding tert-OH is 1. The number of carboxylic acid groups (broad SMARTS) is 3. The van der Waals surface area contributed by atoms with Gasteiger partial charge in [0.2, 0.25) is 23.1 Å². The Kier molecular flexibility index (Phi) is 12.5. The Labute approximate surface area is 284 Å². The summed E-state index contributed by atoms with van der Waals surface area (Å²) < 4.78 is 22.0. The minimum Gasteiger partial charge on any atom is -0.479 e. The number of hydrogen-bond acceptors (Lipinski definition) is 11. The van der Waals surface area contributed by atoms with Crippen LogP contribution >= 0.6 is 0 Å². The average Bonchev–Trinajstić information content (AvgIpc) is 3.25. The molecule has 2 saturated heterocycles. The smallest absolute Gasteiger partial charge is 0.344 e. The van der Waals surface area contributed by atoms with Crippen LogP contribution < -0.4 is 0 Å². The molecule has 0 aliphatic carbocycles. The molecule has 0 spiro atoms. The molecule has 5 N–H and O–H groups in total. The lowest BCUT2D eigenvalue weighted by molar-refractivity contribution is -0.374. The monoisotopic (exact) mass is 690 g/mol. The number of carboxylic acids is 3. The van der Waals surface area contributed by atoms with Crippen LogP contribution in [0.15, 0.2) is 54.6 Å². The predicted octanol–water partition coefficient (Wildman–Crippen LogP) is 2.88. The molecule has 1 aromatic carbocycles. The van der Waals surface area contributed by atoms with E-state index in [2.05, 4.69) is 6.58 Å². The molecule has 3 rings (SSSR count). The van der Waals surface area contributed by atoms with Gasteiger partial charge in [-0.25, -0.2) is 19.2 Å². The van der Waals surface area contributed by atoms with Gasteiger partial charge in [-0.2, -0.15) is 0 Å². The second-order valence-corrected chi connectivity index (χ2v) is 13.1. The third-order valence-electron chi connectivity index (χ3n) is 9.29. The van der Waals surface area contributed by atoms with Gasteiger partial charge in [0.1, 0.15) is 12.2 Å². The number of allylic oxidation sites excluding steroid dienone is 1. The summed E-state index contributed by atoms with van der Waals surface area (Å²) in [5.41, 5.74) is -6.27. The van der Waals surface area contributed by atoms with Gasteiger partial charge in [0.05, 0.1) is 0 Å². The van der Waals surface area contributed by atoms with E-state index in [1.165, 1.54) is 13.0 Å². The zero-order chi connectivity index (χ0) is 36.9. The molecule has 0 radical (unpaired) electrons. The molecule has 0 amide bonds. The number of aliphatic hydroxyl groups is 2. The SMILES string of the molecule is C=C(CCC12OC(C(=O)O)C(O)(C(=O)O)C(C(=O)O)(O1)C(OC(=O)/C=C/C(C)CC(C)CC)C2O)C(OC(C)=O)C(C)Cc1ccccc1. The highest BCUT2D eigenvalue weighted by molar-refractivity contribution is 5.98. The fourth-order valence-corrected chi connectivity index (χ4v) is 6.58. The lowest BCUT2D eigenvalue weighted by atomic mass is 9.74. The zero-order valence-corrected chi connectivity index (χ0v) is 28.2. The summed E-state index contributed by atoms with van der Waals surface area (Å²) in [6.07, 6.45) is -4.83. The van der Waals surface area contributed by atoms with Crippen molar-refractivity contribution in [2.45, 2.75) is 108 Å². The van der Waals surface area contributed by atoms with Crippen molar-refractivity contribution in [1.29, 1.82) is 0 Å². The predicted molar refractivity (Wildman–Crippen MR) is 171 cm³/mol. The molecule has 2 bridgehead atoms. The Hall–Kier alpha value is -4.11. The first kappa shape index (κ1) is 39.3. The fraction of sp³-hybridized carbons (Fsp3) is 0.571. The van der Waals surface area contributed by atoms with Crippen molar-refractivity contribution < 1.29 is 68.5 Å². The van der Waals surface area contributed by atoms with Gasteiger partial charge in [-0.15, -0.1) is 0 Å². The number of esters is 2. The first-order valence-corrected chi connectivity index (χ1v) is 16.1. The van der Waals surface area contributed by atoms with Crippen LogP contribution in [0.25, 0.3) is 0 Å². The number of rotatable bonds is 17. The van der Waals surface area contributed by atoms with Gasteiger partial charge in [0.15, 0.2) is 6.10 Å². The molecule has 14 heteroatoms. The highest BCUT2D eigenvalue weighted by atomic mass is 16.8. The summed E-state index contributed by atoms with van der Waals surface area (Å²) in [5, 5.41) is 53.5. The summed E-state index contributed by atoms with van der Waals surface area (Å²) in [6, 6.07) is 9.29. The van der Waals surface area contributed by atoms with Crippen LogP contribution in [0.1, 0.15) is 65.9 Å². The maximum absolute atomic E-state index is 13.0. The Morgan fingerprint density at radius 1 is 1.04 bits per heavy atom. The number of ether oxygens (including phenoxy) is 4. The molecular weight excluding hydrogens is 644 g/mol. The van der Waals surface area contributed by atoms with E-state index in [1.807, 2.05) is 51.1 Å². The molecule has 0 saturated carbocycles. The standard InChI is InChI=1S/C35H46O14/c1-7-19(2)17-20(3)13-14-25(37)47-28-27(38)33(48-29(30(39)40)34(45,31(41)42)35(28,49-33)32(43)44)16-15-21(4)26(46-23(6)36)22(5)18-24-11-9-8-10-12-24/h8-14,19-20,22,26-29,38,45H,4,7,15-18H2,1-3,5-6H3,(H,39,40)(H,41,42)(H,43,44)/b14-13+. The van der Waals surface area contributed by atoms with Crippen LogP contribution in [-0.2, 0) is 49.3 Å². The van der Waals surface area contributed by atoms with E-state index >= 15 is 0 Å². The van der Waals surface area contributed by atoms with Crippen LogP contribution in [0.4, 0.5) is 0 Å². The molecule has 0 aromatic heterocycles. The molecule has 49 heavy (non-hydrogen) atoms. The van der Waals surface area contributed by atoms with Crippen molar-refractivity contribution in [3.8, 4) is 0 Å². The molecule has 10 unspecified atom stereocenters. The van der Waals surface area contributed by atoms with Gasteiger partial charge >= 0.3 is 29.8 Å². The van der Waals surface area contributed by atoms with Gasteiger partial charge in [0, 0.05) is 25.3 Å². The minimum atomic E-state index is -3.90. The maximum Gasteiger partial charge on any atom is 0.344 e. The largest absolute Gasteiger partial charge is 0.479 e. The first-order chi connectivity index (χ1) is 22.9. The number of carbonyl (C=O) groups excluding carboxylic acids is 2. The van der Waals surface area contributed by atoms with E-state index in [0.717, 1.165) is 18.1 Å². The number of benzene rings is 1. The van der Waals surface area contributed by atoms with Gasteiger partial charge in [-0.3, -0.25) is 4.79 Å². The minimum absolute atomic E-state index is 0.123. The number of hydrogen-bond donors (Lipinski definition) is 5. The van der Waals surface area contributed by atoms with Crippen LogP contribution in [0, 0.1) is 17.8 Å². The molecule has 10 atom stereocenters. The van der Waals surface area contributed by atoms with E-state index in [1.54, 1.807) is 6.92 Å². The third kappa shape index (κ3) is 7.88. The van der Waals surface area contributed by atoms with Gasteiger partial charge < -0.3 is 44.5 Å². The second kappa shape index (κ2) is 15.6. The van der Waals surface area contributed by atoms with E-state index in [0.29, 0.717) is 18.8 Å². The zero-order valence-electron chi connectivity index (χ0n) is 28.2. The Morgan fingerprint density at radius 3 is 2.20 bits per heavy atom. The lowest BCUT2D eigenvalue weighted by Gasteiger charge is -2.48. The summed E-state index contributed by atoms with van der Waals surface area (Å²) in [5.74, 6) is -11.3.